The smallest absolute Gasteiger partial charge is 0.237 e. The first-order valence-corrected chi connectivity index (χ1v) is 9.73. The first-order chi connectivity index (χ1) is 11.8. The molecule has 0 aliphatic carbocycles. The molecule has 6 heteroatoms. The second-order valence-electron chi connectivity index (χ2n) is 6.76. The number of thiophene rings is 1. The second kappa shape index (κ2) is 7.07. The molecule has 4 heterocycles. The van der Waals surface area contributed by atoms with Crippen molar-refractivity contribution in [2.24, 2.45) is 0 Å². The molecule has 0 N–H and O–H groups in total. The largest absolute Gasteiger partial charge is 0.334 e. The van der Waals surface area contributed by atoms with Crippen molar-refractivity contribution in [3.8, 4) is 0 Å². The summed E-state index contributed by atoms with van der Waals surface area (Å²) >= 11 is 1.77. The van der Waals surface area contributed by atoms with E-state index in [0.717, 1.165) is 38.9 Å². The monoisotopic (exact) mass is 344 g/mol. The van der Waals surface area contributed by atoms with E-state index in [1.165, 1.54) is 11.3 Å². The molecule has 2 aliphatic rings. The van der Waals surface area contributed by atoms with Gasteiger partial charge >= 0.3 is 0 Å². The molecule has 0 radical (unpaired) electrons. The molecule has 24 heavy (non-hydrogen) atoms. The Morgan fingerprint density at radius 3 is 2.96 bits per heavy atom. The third kappa shape index (κ3) is 3.26. The number of aromatic nitrogens is 2. The van der Waals surface area contributed by atoms with Crippen LogP contribution in [0, 0.1) is 0 Å². The van der Waals surface area contributed by atoms with E-state index < -0.39 is 0 Å². The van der Waals surface area contributed by atoms with Crippen LogP contribution in [0.3, 0.4) is 0 Å². The van der Waals surface area contributed by atoms with Crippen molar-refractivity contribution < 1.29 is 4.79 Å². The highest BCUT2D eigenvalue weighted by atomic mass is 32.1. The van der Waals surface area contributed by atoms with E-state index in [2.05, 4.69) is 32.4 Å². The fraction of sp³-hybridized carbons (Fsp3) is 0.556. The van der Waals surface area contributed by atoms with Gasteiger partial charge in [0.25, 0.3) is 0 Å². The minimum Gasteiger partial charge on any atom is -0.334 e. The van der Waals surface area contributed by atoms with Gasteiger partial charge in [0.1, 0.15) is 0 Å². The van der Waals surface area contributed by atoms with Gasteiger partial charge in [0, 0.05) is 29.9 Å². The Morgan fingerprint density at radius 1 is 1.25 bits per heavy atom. The molecule has 2 aromatic heterocycles. The SMILES string of the molecule is O=C(CN1CCC[C@H]1Cn1cccn1)N1CCC[C@@H]1c1cccs1. The molecule has 2 fully saturated rings. The maximum atomic E-state index is 12.9. The Bertz CT molecular complexity index is 655. The molecule has 0 aromatic carbocycles. The average molecular weight is 344 g/mol. The molecule has 0 unspecified atom stereocenters. The topological polar surface area (TPSA) is 41.4 Å². The van der Waals surface area contributed by atoms with Crippen molar-refractivity contribution in [3.63, 3.8) is 0 Å². The highest BCUT2D eigenvalue weighted by molar-refractivity contribution is 7.10. The maximum absolute atomic E-state index is 12.9. The molecule has 4 rings (SSSR count). The number of hydrogen-bond donors (Lipinski definition) is 0. The molecule has 0 bridgehead atoms. The van der Waals surface area contributed by atoms with Gasteiger partial charge in [-0.25, -0.2) is 0 Å². The minimum absolute atomic E-state index is 0.290. The standard InChI is InChI=1S/C18H24N4OS/c23-18(22-11-2-6-16(22)17-7-3-12-24-17)14-20-9-1-5-15(20)13-21-10-4-8-19-21/h3-4,7-8,10,12,15-16H,1-2,5-6,9,11,13-14H2/t15-,16+/m0/s1. The van der Waals surface area contributed by atoms with Crippen LogP contribution in [-0.4, -0.2) is 51.2 Å². The molecule has 0 spiro atoms. The van der Waals surface area contributed by atoms with Crippen LogP contribution in [0.1, 0.15) is 36.6 Å². The van der Waals surface area contributed by atoms with E-state index in [1.807, 2.05) is 23.1 Å². The van der Waals surface area contributed by atoms with E-state index in [0.29, 0.717) is 24.5 Å². The van der Waals surface area contributed by atoms with Crippen LogP contribution in [0.4, 0.5) is 0 Å². The number of carbonyl (C=O) groups is 1. The van der Waals surface area contributed by atoms with Crippen LogP contribution < -0.4 is 0 Å². The van der Waals surface area contributed by atoms with Gasteiger partial charge < -0.3 is 4.90 Å². The molecule has 1 amide bonds. The zero-order valence-corrected chi connectivity index (χ0v) is 14.7. The lowest BCUT2D eigenvalue weighted by Crippen LogP contribution is -2.43. The summed E-state index contributed by atoms with van der Waals surface area (Å²) in [6.45, 7) is 3.36. The number of likely N-dealkylation sites (tertiary alicyclic amines) is 2. The summed E-state index contributed by atoms with van der Waals surface area (Å²) < 4.78 is 1.98. The van der Waals surface area contributed by atoms with Gasteiger partial charge in [-0.15, -0.1) is 11.3 Å². The molecule has 5 nitrogen and oxygen atoms in total. The van der Waals surface area contributed by atoms with E-state index in [4.69, 9.17) is 0 Å². The molecule has 2 aromatic rings. The summed E-state index contributed by atoms with van der Waals surface area (Å²) in [7, 11) is 0. The zero-order valence-electron chi connectivity index (χ0n) is 13.9. The Labute approximate surface area is 146 Å². The average Bonchev–Trinajstić information content (AvgIpc) is 3.37. The minimum atomic E-state index is 0.290. The normalized spacial score (nSPS) is 24.8. The van der Waals surface area contributed by atoms with E-state index >= 15 is 0 Å². The zero-order chi connectivity index (χ0) is 16.4. The fourth-order valence-electron chi connectivity index (χ4n) is 4.04. The molecule has 0 saturated carbocycles. The Hall–Kier alpha value is -1.66. The number of rotatable bonds is 5. The first-order valence-electron chi connectivity index (χ1n) is 8.85. The third-order valence-electron chi connectivity index (χ3n) is 5.24. The molecule has 2 atom stereocenters. The summed E-state index contributed by atoms with van der Waals surface area (Å²) in [4.78, 5) is 18.7. The highest BCUT2D eigenvalue weighted by Gasteiger charge is 2.33. The predicted octanol–water partition coefficient (Wildman–Crippen LogP) is 2.77. The Kier molecular flexibility index (Phi) is 4.67. The lowest BCUT2D eigenvalue weighted by atomic mass is 10.2. The van der Waals surface area contributed by atoms with Crippen molar-refractivity contribution in [1.82, 2.24) is 19.6 Å². The van der Waals surface area contributed by atoms with Gasteiger partial charge in [-0.3, -0.25) is 14.4 Å². The van der Waals surface area contributed by atoms with Crippen molar-refractivity contribution in [3.05, 3.63) is 40.8 Å². The van der Waals surface area contributed by atoms with Crippen molar-refractivity contribution >= 4 is 17.2 Å². The van der Waals surface area contributed by atoms with Crippen LogP contribution >= 0.6 is 11.3 Å². The molecule has 128 valence electrons. The Morgan fingerprint density at radius 2 is 2.17 bits per heavy atom. The summed E-state index contributed by atoms with van der Waals surface area (Å²) in [5.41, 5.74) is 0. The quantitative estimate of drug-likeness (QED) is 0.837. The number of amides is 1. The van der Waals surface area contributed by atoms with Crippen molar-refractivity contribution in [2.75, 3.05) is 19.6 Å². The fourth-order valence-corrected chi connectivity index (χ4v) is 4.91. The highest BCUT2D eigenvalue weighted by Crippen LogP contribution is 2.34. The third-order valence-corrected chi connectivity index (χ3v) is 6.21. The summed E-state index contributed by atoms with van der Waals surface area (Å²) in [5, 5.41) is 6.42. The predicted molar refractivity (Wildman–Crippen MR) is 94.8 cm³/mol. The van der Waals surface area contributed by atoms with Crippen LogP contribution in [0.2, 0.25) is 0 Å². The lowest BCUT2D eigenvalue weighted by molar-refractivity contribution is -0.133. The Balaban J connectivity index is 1.39. The van der Waals surface area contributed by atoms with Crippen molar-refractivity contribution in [2.45, 2.75) is 44.3 Å². The van der Waals surface area contributed by atoms with Gasteiger partial charge in [0.05, 0.1) is 19.1 Å². The van der Waals surface area contributed by atoms with Gasteiger partial charge in [0.2, 0.25) is 5.91 Å². The van der Waals surface area contributed by atoms with Crippen LogP contribution in [0.15, 0.2) is 36.0 Å². The summed E-state index contributed by atoms with van der Waals surface area (Å²) in [6, 6.07) is 6.93. The molecular formula is C18H24N4OS. The number of carbonyl (C=O) groups excluding carboxylic acids is 1. The molecule has 2 aliphatic heterocycles. The van der Waals surface area contributed by atoms with Gasteiger partial charge in [0.15, 0.2) is 0 Å². The van der Waals surface area contributed by atoms with Crippen molar-refractivity contribution in [1.29, 1.82) is 0 Å². The van der Waals surface area contributed by atoms with Gasteiger partial charge in [-0.2, -0.15) is 5.10 Å². The van der Waals surface area contributed by atoms with Gasteiger partial charge in [-0.05, 0) is 49.7 Å². The van der Waals surface area contributed by atoms with Crippen LogP contribution in [-0.2, 0) is 11.3 Å². The summed E-state index contributed by atoms with van der Waals surface area (Å²) in [6.07, 6.45) is 8.37. The second-order valence-corrected chi connectivity index (χ2v) is 7.73. The number of nitrogens with zero attached hydrogens (tertiary/aromatic N) is 4. The van der Waals surface area contributed by atoms with E-state index in [-0.39, 0.29) is 0 Å². The summed E-state index contributed by atoms with van der Waals surface area (Å²) in [5.74, 6) is 0.290. The first kappa shape index (κ1) is 15.8. The van der Waals surface area contributed by atoms with E-state index in [9.17, 15) is 4.79 Å². The molecule has 2 saturated heterocycles. The molecular weight excluding hydrogens is 320 g/mol. The van der Waals surface area contributed by atoms with Crippen LogP contribution in [0.5, 0.6) is 0 Å². The van der Waals surface area contributed by atoms with Crippen LogP contribution in [0.25, 0.3) is 0 Å². The lowest BCUT2D eigenvalue weighted by Gasteiger charge is -2.29. The maximum Gasteiger partial charge on any atom is 0.237 e. The van der Waals surface area contributed by atoms with Gasteiger partial charge in [-0.1, -0.05) is 6.07 Å². The van der Waals surface area contributed by atoms with E-state index in [1.54, 1.807) is 11.3 Å². The number of hydrogen-bond acceptors (Lipinski definition) is 4.